The molecule has 1 atom stereocenters. The molecule has 5 heteroatoms. The predicted molar refractivity (Wildman–Crippen MR) is 108 cm³/mol. The standard InChI is InChI=1S/C22H29NO3S/c1-19-12-14-22(15-13-19)27(24,25)23-16-6-5-10-21(23)11-7-17-26-18-20-8-3-2-4-9-20/h2-4,8-9,12-15,21H,5-7,10-11,16-18H2,1H3/t21-/m1/s1. The maximum Gasteiger partial charge on any atom is 0.243 e. The lowest BCUT2D eigenvalue weighted by Crippen LogP contribution is -2.43. The molecule has 27 heavy (non-hydrogen) atoms. The first kappa shape index (κ1) is 20.1. The number of piperidine rings is 1. The second kappa shape index (κ2) is 9.49. The first-order chi connectivity index (χ1) is 13.1. The molecule has 0 spiro atoms. The molecule has 1 heterocycles. The van der Waals surface area contributed by atoms with Crippen LogP contribution in [0.5, 0.6) is 0 Å². The van der Waals surface area contributed by atoms with Crippen LogP contribution in [-0.4, -0.2) is 31.9 Å². The Morgan fingerprint density at radius 3 is 2.52 bits per heavy atom. The number of hydrogen-bond acceptors (Lipinski definition) is 3. The molecule has 0 unspecified atom stereocenters. The van der Waals surface area contributed by atoms with Crippen molar-refractivity contribution in [2.24, 2.45) is 0 Å². The van der Waals surface area contributed by atoms with Crippen LogP contribution in [0.1, 0.15) is 43.2 Å². The number of benzene rings is 2. The van der Waals surface area contributed by atoms with Crippen molar-refractivity contribution >= 4 is 10.0 Å². The van der Waals surface area contributed by atoms with Crippen LogP contribution in [0, 0.1) is 6.92 Å². The average molecular weight is 388 g/mol. The van der Waals surface area contributed by atoms with E-state index in [1.807, 2.05) is 37.3 Å². The molecular weight excluding hydrogens is 358 g/mol. The van der Waals surface area contributed by atoms with Crippen molar-refractivity contribution in [2.45, 2.75) is 56.6 Å². The Kier molecular flexibility index (Phi) is 7.05. The lowest BCUT2D eigenvalue weighted by atomic mass is 10.0. The van der Waals surface area contributed by atoms with E-state index in [1.165, 1.54) is 5.56 Å². The highest BCUT2D eigenvalue weighted by molar-refractivity contribution is 7.89. The van der Waals surface area contributed by atoms with Gasteiger partial charge >= 0.3 is 0 Å². The molecule has 3 rings (SSSR count). The Morgan fingerprint density at radius 2 is 1.78 bits per heavy atom. The van der Waals surface area contributed by atoms with E-state index in [9.17, 15) is 8.42 Å². The third-order valence-corrected chi connectivity index (χ3v) is 7.10. The quantitative estimate of drug-likeness (QED) is 0.625. The zero-order valence-corrected chi connectivity index (χ0v) is 16.8. The van der Waals surface area contributed by atoms with Crippen molar-refractivity contribution in [3.63, 3.8) is 0 Å². The molecule has 0 saturated carbocycles. The molecule has 146 valence electrons. The molecule has 0 amide bonds. The van der Waals surface area contributed by atoms with Gasteiger partial charge in [-0.1, -0.05) is 54.4 Å². The number of ether oxygens (including phenoxy) is 1. The van der Waals surface area contributed by atoms with Gasteiger partial charge in [0.2, 0.25) is 10.0 Å². The van der Waals surface area contributed by atoms with E-state index in [4.69, 9.17) is 4.74 Å². The molecular formula is C22H29NO3S. The molecule has 0 aromatic heterocycles. The highest BCUT2D eigenvalue weighted by Gasteiger charge is 2.32. The Morgan fingerprint density at radius 1 is 1.04 bits per heavy atom. The summed E-state index contributed by atoms with van der Waals surface area (Å²) in [5, 5.41) is 0. The van der Waals surface area contributed by atoms with Crippen LogP contribution in [0.2, 0.25) is 0 Å². The van der Waals surface area contributed by atoms with Crippen molar-refractivity contribution < 1.29 is 13.2 Å². The summed E-state index contributed by atoms with van der Waals surface area (Å²) in [5.41, 5.74) is 2.23. The molecule has 0 N–H and O–H groups in total. The van der Waals surface area contributed by atoms with E-state index in [1.54, 1.807) is 16.4 Å². The van der Waals surface area contributed by atoms with E-state index in [-0.39, 0.29) is 6.04 Å². The monoisotopic (exact) mass is 387 g/mol. The molecule has 1 aliphatic rings. The molecule has 2 aromatic rings. The van der Waals surface area contributed by atoms with Crippen molar-refractivity contribution in [3.8, 4) is 0 Å². The Balaban J connectivity index is 1.54. The summed E-state index contributed by atoms with van der Waals surface area (Å²) in [7, 11) is -3.42. The minimum atomic E-state index is -3.42. The average Bonchev–Trinajstić information content (AvgIpc) is 2.69. The van der Waals surface area contributed by atoms with E-state index in [0.717, 1.165) is 37.7 Å². The second-order valence-corrected chi connectivity index (χ2v) is 9.15. The van der Waals surface area contributed by atoms with Crippen molar-refractivity contribution in [2.75, 3.05) is 13.2 Å². The second-order valence-electron chi connectivity index (χ2n) is 7.26. The number of hydrogen-bond donors (Lipinski definition) is 0. The van der Waals surface area contributed by atoms with Crippen LogP contribution in [0.15, 0.2) is 59.5 Å². The van der Waals surface area contributed by atoms with E-state index < -0.39 is 10.0 Å². The highest BCUT2D eigenvalue weighted by Crippen LogP contribution is 2.28. The third-order valence-electron chi connectivity index (χ3n) is 5.14. The number of sulfonamides is 1. The summed E-state index contributed by atoms with van der Waals surface area (Å²) in [5.74, 6) is 0. The van der Waals surface area contributed by atoms with Crippen LogP contribution in [-0.2, 0) is 21.4 Å². The van der Waals surface area contributed by atoms with Crippen molar-refractivity contribution in [1.82, 2.24) is 4.31 Å². The SMILES string of the molecule is Cc1ccc(S(=O)(=O)N2CCCC[C@@H]2CCCOCc2ccccc2)cc1. The fourth-order valence-electron chi connectivity index (χ4n) is 3.61. The first-order valence-electron chi connectivity index (χ1n) is 9.77. The van der Waals surface area contributed by atoms with Crippen LogP contribution in [0.25, 0.3) is 0 Å². The normalized spacial score (nSPS) is 18.5. The van der Waals surface area contributed by atoms with Gasteiger partial charge in [-0.2, -0.15) is 4.31 Å². The number of rotatable bonds is 8. The molecule has 0 radical (unpaired) electrons. The Labute approximate surface area is 163 Å². The largest absolute Gasteiger partial charge is 0.377 e. The maximum atomic E-state index is 13.1. The maximum absolute atomic E-state index is 13.1. The zero-order chi connectivity index (χ0) is 19.1. The third kappa shape index (κ3) is 5.41. The van der Waals surface area contributed by atoms with Gasteiger partial charge in [0.25, 0.3) is 0 Å². The van der Waals surface area contributed by atoms with Gasteiger partial charge in [0, 0.05) is 19.2 Å². The van der Waals surface area contributed by atoms with Crippen LogP contribution < -0.4 is 0 Å². The predicted octanol–water partition coefficient (Wildman–Crippen LogP) is 4.54. The molecule has 0 bridgehead atoms. The van der Waals surface area contributed by atoms with Gasteiger partial charge < -0.3 is 4.74 Å². The highest BCUT2D eigenvalue weighted by atomic mass is 32.2. The Hall–Kier alpha value is -1.69. The summed E-state index contributed by atoms with van der Waals surface area (Å²) in [6.45, 7) is 3.85. The fraction of sp³-hybridized carbons (Fsp3) is 0.455. The zero-order valence-electron chi connectivity index (χ0n) is 16.0. The molecule has 1 fully saturated rings. The van der Waals surface area contributed by atoms with Crippen LogP contribution in [0.4, 0.5) is 0 Å². The minimum absolute atomic E-state index is 0.0744. The van der Waals surface area contributed by atoms with E-state index in [0.29, 0.717) is 24.7 Å². The lowest BCUT2D eigenvalue weighted by Gasteiger charge is -2.34. The molecule has 1 saturated heterocycles. The van der Waals surface area contributed by atoms with Crippen LogP contribution in [0.3, 0.4) is 0 Å². The summed E-state index contributed by atoms with van der Waals surface area (Å²) < 4.78 is 33.6. The van der Waals surface area contributed by atoms with E-state index in [2.05, 4.69) is 12.1 Å². The van der Waals surface area contributed by atoms with Gasteiger partial charge in [-0.25, -0.2) is 8.42 Å². The summed E-state index contributed by atoms with van der Waals surface area (Å²) >= 11 is 0. The van der Waals surface area contributed by atoms with Crippen molar-refractivity contribution in [3.05, 3.63) is 65.7 Å². The van der Waals surface area contributed by atoms with Gasteiger partial charge in [0.1, 0.15) is 0 Å². The Bertz CT molecular complexity index is 803. The molecule has 4 nitrogen and oxygen atoms in total. The topological polar surface area (TPSA) is 46.6 Å². The van der Waals surface area contributed by atoms with Crippen molar-refractivity contribution in [1.29, 1.82) is 0 Å². The number of nitrogens with zero attached hydrogens (tertiary/aromatic N) is 1. The minimum Gasteiger partial charge on any atom is -0.377 e. The summed E-state index contributed by atoms with van der Waals surface area (Å²) in [6.07, 6.45) is 4.68. The van der Waals surface area contributed by atoms with Gasteiger partial charge in [-0.05, 0) is 50.3 Å². The first-order valence-corrected chi connectivity index (χ1v) is 11.2. The fourth-order valence-corrected chi connectivity index (χ4v) is 5.33. The smallest absolute Gasteiger partial charge is 0.243 e. The number of aryl methyl sites for hydroxylation is 1. The molecule has 2 aromatic carbocycles. The van der Waals surface area contributed by atoms with Gasteiger partial charge in [-0.3, -0.25) is 0 Å². The lowest BCUT2D eigenvalue weighted by molar-refractivity contribution is 0.109. The van der Waals surface area contributed by atoms with Crippen LogP contribution >= 0.6 is 0 Å². The summed E-state index contributed by atoms with van der Waals surface area (Å²) in [6, 6.07) is 17.4. The van der Waals surface area contributed by atoms with Gasteiger partial charge in [0.05, 0.1) is 11.5 Å². The molecule has 1 aliphatic heterocycles. The molecule has 0 aliphatic carbocycles. The van der Waals surface area contributed by atoms with Gasteiger partial charge in [0.15, 0.2) is 0 Å². The van der Waals surface area contributed by atoms with E-state index >= 15 is 0 Å². The van der Waals surface area contributed by atoms with Gasteiger partial charge in [-0.15, -0.1) is 0 Å². The summed E-state index contributed by atoms with van der Waals surface area (Å²) in [4.78, 5) is 0.403.